The molecule has 0 heterocycles. The van der Waals surface area contributed by atoms with Gasteiger partial charge in [-0.3, -0.25) is 4.79 Å². The summed E-state index contributed by atoms with van der Waals surface area (Å²) in [4.78, 5) is 21.9. The van der Waals surface area contributed by atoms with E-state index >= 15 is 0 Å². The molecule has 86 valence electrons. The summed E-state index contributed by atoms with van der Waals surface area (Å²) < 4.78 is 4.38. The maximum Gasteiger partial charge on any atom is 0.342 e. The molecule has 0 unspecified atom stereocenters. The molecule has 6 heteroatoms. The minimum absolute atomic E-state index is 0.0625. The average molecular weight is 226 g/mol. The Balaban J connectivity index is 3.68. The molecule has 0 radical (unpaired) electrons. The highest BCUT2D eigenvalue weighted by Crippen LogP contribution is 2.41. The molecule has 0 aliphatic carbocycles. The summed E-state index contributed by atoms with van der Waals surface area (Å²) in [6.45, 7) is 1.30. The van der Waals surface area contributed by atoms with Crippen molar-refractivity contribution in [3.05, 3.63) is 16.7 Å². The van der Waals surface area contributed by atoms with Gasteiger partial charge in [-0.1, -0.05) is 0 Å². The first-order valence-corrected chi connectivity index (χ1v) is 4.26. The minimum atomic E-state index is -0.909. The van der Waals surface area contributed by atoms with Crippen LogP contribution in [0.3, 0.4) is 0 Å². The summed E-state index contributed by atoms with van der Waals surface area (Å²) in [5.74, 6) is -3.03. The number of phenolic OH excluding ortho intramolecular Hbond substituents is 3. The van der Waals surface area contributed by atoms with Crippen molar-refractivity contribution in [3.8, 4) is 17.2 Å². The van der Waals surface area contributed by atoms with Gasteiger partial charge < -0.3 is 20.1 Å². The molecule has 16 heavy (non-hydrogen) atoms. The molecule has 0 fully saturated rings. The zero-order valence-corrected chi connectivity index (χ0v) is 8.64. The zero-order valence-electron chi connectivity index (χ0n) is 8.64. The topological polar surface area (TPSA) is 104 Å². The van der Waals surface area contributed by atoms with Crippen molar-refractivity contribution < 1.29 is 29.6 Å². The van der Waals surface area contributed by atoms with Gasteiger partial charge in [-0.25, -0.2) is 4.79 Å². The van der Waals surface area contributed by atoms with Crippen LogP contribution in [0.2, 0.25) is 0 Å². The highest BCUT2D eigenvalue weighted by atomic mass is 16.5. The molecule has 0 saturated heterocycles. The largest absolute Gasteiger partial charge is 0.506 e. The molecule has 1 aromatic carbocycles. The van der Waals surface area contributed by atoms with Crippen molar-refractivity contribution >= 4 is 12.3 Å². The molecule has 0 aromatic heterocycles. The van der Waals surface area contributed by atoms with Gasteiger partial charge in [-0.15, -0.1) is 0 Å². The molecule has 6 nitrogen and oxygen atoms in total. The lowest BCUT2D eigenvalue weighted by Gasteiger charge is -2.12. The normalized spacial score (nSPS) is 9.88. The van der Waals surface area contributed by atoms with E-state index < -0.39 is 28.8 Å². The number of carbonyl (C=O) groups excluding carboxylic acids is 2. The fourth-order valence-corrected chi connectivity index (χ4v) is 1.31. The fraction of sp³-hybridized carbons (Fsp3) is 0.200. The smallest absolute Gasteiger partial charge is 0.342 e. The van der Waals surface area contributed by atoms with Crippen LogP contribution in [-0.4, -0.2) is 34.7 Å². The summed E-state index contributed by atoms with van der Waals surface area (Å²) >= 11 is 0. The molecule has 0 bridgehead atoms. The average Bonchev–Trinajstić information content (AvgIpc) is 2.27. The van der Waals surface area contributed by atoms with Crippen molar-refractivity contribution in [2.75, 3.05) is 7.11 Å². The number of rotatable bonds is 2. The third kappa shape index (κ3) is 1.54. The Morgan fingerprint density at radius 1 is 1.19 bits per heavy atom. The monoisotopic (exact) mass is 226 g/mol. The Labute approximate surface area is 90.7 Å². The molecule has 0 amide bonds. The van der Waals surface area contributed by atoms with Gasteiger partial charge in [-0.05, 0) is 6.92 Å². The van der Waals surface area contributed by atoms with Crippen LogP contribution in [0.25, 0.3) is 0 Å². The SMILES string of the molecule is COC(=O)c1c(C)c(O)c(O)c(C=O)c1O. The first-order chi connectivity index (χ1) is 7.45. The van der Waals surface area contributed by atoms with Crippen molar-refractivity contribution in [3.63, 3.8) is 0 Å². The standard InChI is InChI=1S/C10H10O6/c1-4-6(10(15)16-2)8(13)5(3-11)9(14)7(4)12/h3,12-14H,1-2H3. The van der Waals surface area contributed by atoms with Gasteiger partial charge in [-0.2, -0.15) is 0 Å². The molecular weight excluding hydrogens is 216 g/mol. The maximum atomic E-state index is 11.3. The van der Waals surface area contributed by atoms with Crippen LogP contribution in [0.5, 0.6) is 17.2 Å². The first-order valence-electron chi connectivity index (χ1n) is 4.26. The number of hydrogen-bond acceptors (Lipinski definition) is 6. The lowest BCUT2D eigenvalue weighted by molar-refractivity contribution is 0.0596. The second kappa shape index (κ2) is 4.09. The van der Waals surface area contributed by atoms with Crippen LogP contribution in [-0.2, 0) is 4.74 Å². The summed E-state index contributed by atoms with van der Waals surface area (Å²) in [6.07, 6.45) is 0.135. The number of hydrogen-bond donors (Lipinski definition) is 3. The highest BCUT2D eigenvalue weighted by Gasteiger charge is 2.25. The molecule has 0 saturated carbocycles. The van der Waals surface area contributed by atoms with Crippen LogP contribution in [0.4, 0.5) is 0 Å². The number of aromatic hydroxyl groups is 3. The third-order valence-corrected chi connectivity index (χ3v) is 2.21. The summed E-state index contributed by atoms with van der Waals surface area (Å²) in [6, 6.07) is 0. The second-order valence-electron chi connectivity index (χ2n) is 3.07. The van der Waals surface area contributed by atoms with Crippen LogP contribution in [0.15, 0.2) is 0 Å². The van der Waals surface area contributed by atoms with Gasteiger partial charge in [0.25, 0.3) is 0 Å². The van der Waals surface area contributed by atoms with Crippen LogP contribution >= 0.6 is 0 Å². The number of ether oxygens (including phenoxy) is 1. The lowest BCUT2D eigenvalue weighted by Crippen LogP contribution is -2.06. The number of carbonyl (C=O) groups is 2. The first kappa shape index (κ1) is 11.8. The van der Waals surface area contributed by atoms with Crippen LogP contribution in [0, 0.1) is 6.92 Å². The van der Waals surface area contributed by atoms with E-state index in [4.69, 9.17) is 0 Å². The summed E-state index contributed by atoms with van der Waals surface area (Å²) in [7, 11) is 1.09. The van der Waals surface area contributed by atoms with Crippen molar-refractivity contribution in [2.45, 2.75) is 6.92 Å². The number of phenols is 3. The Hall–Kier alpha value is -2.24. The van der Waals surface area contributed by atoms with Crippen molar-refractivity contribution in [1.29, 1.82) is 0 Å². The van der Waals surface area contributed by atoms with Crippen LogP contribution < -0.4 is 0 Å². The molecular formula is C10H10O6. The van der Waals surface area contributed by atoms with E-state index in [-0.39, 0.29) is 17.4 Å². The summed E-state index contributed by atoms with van der Waals surface area (Å²) in [5.41, 5.74) is -0.962. The number of aldehydes is 1. The summed E-state index contributed by atoms with van der Waals surface area (Å²) in [5, 5.41) is 28.4. The predicted molar refractivity (Wildman–Crippen MR) is 52.9 cm³/mol. The predicted octanol–water partition coefficient (Wildman–Crippen LogP) is 0.711. The van der Waals surface area contributed by atoms with Gasteiger partial charge in [0.05, 0.1) is 7.11 Å². The van der Waals surface area contributed by atoms with E-state index in [9.17, 15) is 24.9 Å². The quantitative estimate of drug-likeness (QED) is 0.297. The van der Waals surface area contributed by atoms with Gasteiger partial charge in [0.15, 0.2) is 17.8 Å². The van der Waals surface area contributed by atoms with E-state index in [1.165, 1.54) is 6.92 Å². The van der Waals surface area contributed by atoms with E-state index in [0.29, 0.717) is 0 Å². The Morgan fingerprint density at radius 3 is 2.19 bits per heavy atom. The number of esters is 1. The number of methoxy groups -OCH3 is 1. The fourth-order valence-electron chi connectivity index (χ4n) is 1.31. The van der Waals surface area contributed by atoms with Gasteiger partial charge in [0.1, 0.15) is 16.9 Å². The Kier molecular flexibility index (Phi) is 3.03. The molecule has 1 rings (SSSR count). The molecule has 0 atom stereocenters. The molecule has 0 aliphatic rings. The van der Waals surface area contributed by atoms with E-state index in [1.807, 2.05) is 0 Å². The maximum absolute atomic E-state index is 11.3. The third-order valence-electron chi connectivity index (χ3n) is 2.21. The Morgan fingerprint density at radius 2 is 1.75 bits per heavy atom. The van der Waals surface area contributed by atoms with Crippen molar-refractivity contribution in [2.24, 2.45) is 0 Å². The number of benzene rings is 1. The van der Waals surface area contributed by atoms with E-state index in [1.54, 1.807) is 0 Å². The second-order valence-corrected chi connectivity index (χ2v) is 3.07. The van der Waals surface area contributed by atoms with Crippen LogP contribution in [0.1, 0.15) is 26.3 Å². The molecule has 1 aromatic rings. The molecule has 0 aliphatic heterocycles. The zero-order chi connectivity index (χ0) is 12.5. The van der Waals surface area contributed by atoms with Gasteiger partial charge in [0, 0.05) is 5.56 Å². The van der Waals surface area contributed by atoms with Crippen molar-refractivity contribution in [1.82, 2.24) is 0 Å². The van der Waals surface area contributed by atoms with Gasteiger partial charge in [0.2, 0.25) is 0 Å². The molecule has 3 N–H and O–H groups in total. The molecule has 0 spiro atoms. The van der Waals surface area contributed by atoms with Gasteiger partial charge >= 0.3 is 5.97 Å². The van der Waals surface area contributed by atoms with E-state index in [0.717, 1.165) is 7.11 Å². The highest BCUT2D eigenvalue weighted by molar-refractivity contribution is 6.00. The Bertz CT molecular complexity index is 463. The minimum Gasteiger partial charge on any atom is -0.506 e. The van der Waals surface area contributed by atoms with E-state index in [2.05, 4.69) is 4.74 Å². The lowest BCUT2D eigenvalue weighted by atomic mass is 10.0.